The molecule has 0 saturated heterocycles. The van der Waals surface area contributed by atoms with Gasteiger partial charge in [0.25, 0.3) is 0 Å². The van der Waals surface area contributed by atoms with Crippen molar-refractivity contribution in [2.75, 3.05) is 6.26 Å². The van der Waals surface area contributed by atoms with E-state index in [4.69, 9.17) is 0 Å². The average Bonchev–Trinajstić information content (AvgIpc) is 2.30. The van der Waals surface area contributed by atoms with E-state index < -0.39 is 10.0 Å². The summed E-state index contributed by atoms with van der Waals surface area (Å²) < 4.78 is 24.8. The summed E-state index contributed by atoms with van der Waals surface area (Å²) in [6.45, 7) is 0.370. The van der Waals surface area contributed by atoms with Crippen molar-refractivity contribution in [3.05, 3.63) is 20.8 Å². The fourth-order valence-corrected chi connectivity index (χ4v) is 2.58. The smallest absolute Gasteiger partial charge is 0.209 e. The van der Waals surface area contributed by atoms with E-state index in [1.165, 1.54) is 11.3 Å². The van der Waals surface area contributed by atoms with E-state index in [1.807, 2.05) is 12.1 Å². The van der Waals surface area contributed by atoms with Crippen LogP contribution in [0.25, 0.3) is 0 Å². The molecule has 0 aliphatic rings. The highest BCUT2D eigenvalue weighted by atomic mass is 79.9. The minimum absolute atomic E-state index is 0.370. The minimum atomic E-state index is -3.07. The van der Waals surface area contributed by atoms with Gasteiger partial charge in [0.2, 0.25) is 10.0 Å². The second kappa shape index (κ2) is 3.87. The first kappa shape index (κ1) is 10.2. The summed E-state index contributed by atoms with van der Waals surface area (Å²) in [5.74, 6) is 0. The van der Waals surface area contributed by atoms with Crippen molar-refractivity contribution in [1.82, 2.24) is 4.72 Å². The fraction of sp³-hybridized carbons (Fsp3) is 0.333. The van der Waals surface area contributed by atoms with Gasteiger partial charge in [-0.05, 0) is 28.1 Å². The molecule has 0 aliphatic heterocycles. The quantitative estimate of drug-likeness (QED) is 0.906. The molecule has 68 valence electrons. The molecule has 1 heterocycles. The molecule has 12 heavy (non-hydrogen) atoms. The van der Waals surface area contributed by atoms with Gasteiger partial charge < -0.3 is 0 Å². The van der Waals surface area contributed by atoms with Crippen LogP contribution in [0, 0.1) is 0 Å². The minimum Gasteiger partial charge on any atom is -0.213 e. The van der Waals surface area contributed by atoms with Crippen LogP contribution in [-0.2, 0) is 16.6 Å². The van der Waals surface area contributed by atoms with Crippen molar-refractivity contribution in [2.45, 2.75) is 6.54 Å². The Morgan fingerprint density at radius 1 is 1.58 bits per heavy atom. The van der Waals surface area contributed by atoms with Crippen molar-refractivity contribution < 1.29 is 8.42 Å². The van der Waals surface area contributed by atoms with Crippen LogP contribution < -0.4 is 4.72 Å². The molecule has 0 fully saturated rings. The molecule has 0 bridgehead atoms. The van der Waals surface area contributed by atoms with Crippen LogP contribution in [0.5, 0.6) is 0 Å². The maximum Gasteiger partial charge on any atom is 0.209 e. The maximum absolute atomic E-state index is 10.7. The van der Waals surface area contributed by atoms with E-state index in [9.17, 15) is 8.42 Å². The van der Waals surface area contributed by atoms with Crippen LogP contribution in [0.3, 0.4) is 0 Å². The number of nitrogens with one attached hydrogen (secondary N) is 1. The Morgan fingerprint density at radius 2 is 2.25 bits per heavy atom. The van der Waals surface area contributed by atoms with Crippen molar-refractivity contribution in [3.63, 3.8) is 0 Å². The molecular weight excluding hydrogens is 262 g/mol. The number of thiophene rings is 1. The van der Waals surface area contributed by atoms with Gasteiger partial charge in [0.15, 0.2) is 0 Å². The van der Waals surface area contributed by atoms with Gasteiger partial charge in [0, 0.05) is 11.4 Å². The van der Waals surface area contributed by atoms with Crippen molar-refractivity contribution in [1.29, 1.82) is 0 Å². The third kappa shape index (κ3) is 3.66. The standard InChI is InChI=1S/C6H8BrNO2S2/c1-12(9,10)8-4-5-2-3-6(7)11-5/h2-3,8H,4H2,1H3. The zero-order valence-electron chi connectivity index (χ0n) is 6.37. The fourth-order valence-electron chi connectivity index (χ4n) is 0.649. The SMILES string of the molecule is CS(=O)(=O)NCc1ccc(Br)s1. The molecular formula is C6H8BrNO2S2. The van der Waals surface area contributed by atoms with Crippen molar-refractivity contribution >= 4 is 37.3 Å². The maximum atomic E-state index is 10.7. The van der Waals surface area contributed by atoms with Crippen molar-refractivity contribution in [3.8, 4) is 0 Å². The topological polar surface area (TPSA) is 46.2 Å². The van der Waals surface area contributed by atoms with Crippen LogP contribution in [0.4, 0.5) is 0 Å². The lowest BCUT2D eigenvalue weighted by Gasteiger charge is -1.97. The highest BCUT2D eigenvalue weighted by Crippen LogP contribution is 2.21. The molecule has 1 aromatic heterocycles. The third-order valence-electron chi connectivity index (χ3n) is 1.14. The van der Waals surface area contributed by atoms with Gasteiger partial charge in [-0.3, -0.25) is 0 Å². The molecule has 0 radical (unpaired) electrons. The van der Waals surface area contributed by atoms with Crippen LogP contribution >= 0.6 is 27.3 Å². The monoisotopic (exact) mass is 269 g/mol. The molecule has 0 unspecified atom stereocenters. The number of hydrogen-bond acceptors (Lipinski definition) is 3. The Morgan fingerprint density at radius 3 is 2.67 bits per heavy atom. The summed E-state index contributed by atoms with van der Waals surface area (Å²) in [6.07, 6.45) is 1.15. The zero-order chi connectivity index (χ0) is 9.19. The van der Waals surface area contributed by atoms with Crippen LogP contribution in [-0.4, -0.2) is 14.7 Å². The summed E-state index contributed by atoms with van der Waals surface area (Å²) in [5, 5.41) is 0. The molecule has 0 aliphatic carbocycles. The summed E-state index contributed by atoms with van der Waals surface area (Å²) >= 11 is 4.81. The zero-order valence-corrected chi connectivity index (χ0v) is 9.59. The summed E-state index contributed by atoms with van der Waals surface area (Å²) in [6, 6.07) is 3.77. The Bertz CT molecular complexity index is 357. The third-order valence-corrected chi connectivity index (χ3v) is 3.43. The van der Waals surface area contributed by atoms with Gasteiger partial charge in [-0.2, -0.15) is 0 Å². The second-order valence-electron chi connectivity index (χ2n) is 2.30. The van der Waals surface area contributed by atoms with Gasteiger partial charge in [-0.25, -0.2) is 13.1 Å². The van der Waals surface area contributed by atoms with Gasteiger partial charge in [-0.1, -0.05) is 0 Å². The average molecular weight is 270 g/mol. The highest BCUT2D eigenvalue weighted by molar-refractivity contribution is 9.11. The Balaban J connectivity index is 2.55. The van der Waals surface area contributed by atoms with Crippen LogP contribution in [0.2, 0.25) is 0 Å². The lowest BCUT2D eigenvalue weighted by molar-refractivity contribution is 0.588. The lowest BCUT2D eigenvalue weighted by Crippen LogP contribution is -2.20. The summed E-state index contributed by atoms with van der Waals surface area (Å²) in [7, 11) is -3.07. The highest BCUT2D eigenvalue weighted by Gasteiger charge is 2.02. The first-order chi connectivity index (χ1) is 5.47. The molecule has 1 aromatic rings. The van der Waals surface area contributed by atoms with Crippen molar-refractivity contribution in [2.24, 2.45) is 0 Å². The number of halogens is 1. The Hall–Kier alpha value is 0.0900. The van der Waals surface area contributed by atoms with E-state index >= 15 is 0 Å². The number of rotatable bonds is 3. The first-order valence-electron chi connectivity index (χ1n) is 3.16. The molecule has 0 atom stereocenters. The molecule has 0 aromatic carbocycles. The molecule has 0 spiro atoms. The predicted octanol–water partition coefficient (Wildman–Crippen LogP) is 1.56. The molecule has 0 saturated carbocycles. The Kier molecular flexibility index (Phi) is 3.28. The van der Waals surface area contributed by atoms with Gasteiger partial charge >= 0.3 is 0 Å². The molecule has 3 nitrogen and oxygen atoms in total. The van der Waals surface area contributed by atoms with Gasteiger partial charge in [0.1, 0.15) is 0 Å². The first-order valence-corrected chi connectivity index (χ1v) is 6.66. The largest absolute Gasteiger partial charge is 0.213 e. The van der Waals surface area contributed by atoms with E-state index in [0.717, 1.165) is 14.9 Å². The predicted molar refractivity (Wildman–Crippen MR) is 53.7 cm³/mol. The van der Waals surface area contributed by atoms with E-state index in [0.29, 0.717) is 6.54 Å². The van der Waals surface area contributed by atoms with E-state index in [-0.39, 0.29) is 0 Å². The van der Waals surface area contributed by atoms with E-state index in [2.05, 4.69) is 20.7 Å². The Labute approximate surface area is 84.0 Å². The molecule has 6 heteroatoms. The van der Waals surface area contributed by atoms with Crippen LogP contribution in [0.15, 0.2) is 15.9 Å². The van der Waals surface area contributed by atoms with E-state index in [1.54, 1.807) is 0 Å². The molecule has 1 rings (SSSR count). The second-order valence-corrected chi connectivity index (χ2v) is 6.68. The lowest BCUT2D eigenvalue weighted by atomic mass is 10.5. The van der Waals surface area contributed by atoms with Gasteiger partial charge in [0.05, 0.1) is 10.0 Å². The number of sulfonamides is 1. The summed E-state index contributed by atoms with van der Waals surface area (Å²) in [5.41, 5.74) is 0. The molecule has 1 N–H and O–H groups in total. The summed E-state index contributed by atoms with van der Waals surface area (Å²) in [4.78, 5) is 0.993. The van der Waals surface area contributed by atoms with Crippen LogP contribution in [0.1, 0.15) is 4.88 Å². The molecule has 0 amide bonds. The normalized spacial score (nSPS) is 11.8. The van der Waals surface area contributed by atoms with Gasteiger partial charge in [-0.15, -0.1) is 11.3 Å². The number of hydrogen-bond donors (Lipinski definition) is 1.